The van der Waals surface area contributed by atoms with Crippen LogP contribution in [0, 0.1) is 0 Å². The van der Waals surface area contributed by atoms with Crippen molar-refractivity contribution in [2.24, 2.45) is 7.05 Å². The molecule has 0 bridgehead atoms. The number of hydrogen-bond donors (Lipinski definition) is 1. The summed E-state index contributed by atoms with van der Waals surface area (Å²) in [5.74, 6) is 0. The van der Waals surface area contributed by atoms with Gasteiger partial charge in [-0.25, -0.2) is 0 Å². The van der Waals surface area contributed by atoms with E-state index in [0.29, 0.717) is 6.04 Å². The first-order valence-electron chi connectivity index (χ1n) is 7.91. The van der Waals surface area contributed by atoms with Crippen molar-refractivity contribution in [1.82, 2.24) is 14.8 Å². The number of aromatic nitrogens is 1. The second kappa shape index (κ2) is 9.33. The Morgan fingerprint density at radius 1 is 1.22 bits per heavy atom. The average Bonchev–Trinajstić information content (AvgIpc) is 2.87. The molecule has 0 aliphatic carbocycles. The Bertz CT molecular complexity index is 618. The number of rotatable bonds is 5. The molecule has 128 valence electrons. The summed E-state index contributed by atoms with van der Waals surface area (Å²) in [5, 5.41) is 4.85. The zero-order valence-corrected chi connectivity index (χ0v) is 15.3. The van der Waals surface area contributed by atoms with Crippen molar-refractivity contribution in [3.63, 3.8) is 0 Å². The monoisotopic (exact) mass is 355 g/mol. The van der Waals surface area contributed by atoms with Crippen LogP contribution < -0.4 is 5.32 Å². The minimum absolute atomic E-state index is 0. The lowest BCUT2D eigenvalue weighted by Gasteiger charge is -2.35. The number of nitrogens with zero attached hydrogens (tertiary/aromatic N) is 2. The number of benzene rings is 1. The van der Waals surface area contributed by atoms with E-state index < -0.39 is 0 Å². The highest BCUT2D eigenvalue weighted by atomic mass is 35.5. The Balaban J connectivity index is 0.00000132. The van der Waals surface area contributed by atoms with E-state index >= 15 is 0 Å². The van der Waals surface area contributed by atoms with Crippen LogP contribution >= 0.6 is 24.8 Å². The average molecular weight is 356 g/mol. The summed E-state index contributed by atoms with van der Waals surface area (Å²) in [4.78, 5) is 2.63. The van der Waals surface area contributed by atoms with Crippen molar-refractivity contribution in [1.29, 1.82) is 0 Å². The number of allylic oxidation sites excluding steroid dienone is 1. The van der Waals surface area contributed by atoms with Gasteiger partial charge < -0.3 is 9.88 Å². The number of piperazine rings is 1. The van der Waals surface area contributed by atoms with Gasteiger partial charge in [0.05, 0.1) is 0 Å². The van der Waals surface area contributed by atoms with Crippen molar-refractivity contribution < 1.29 is 0 Å². The molecule has 5 heteroatoms. The van der Waals surface area contributed by atoms with Crippen molar-refractivity contribution in [2.45, 2.75) is 18.9 Å². The Kier molecular flexibility index (Phi) is 8.13. The fraction of sp³-hybridized carbons (Fsp3) is 0.444. The lowest BCUT2D eigenvalue weighted by atomic mass is 9.99. The van der Waals surface area contributed by atoms with Crippen LogP contribution in [0.4, 0.5) is 0 Å². The van der Waals surface area contributed by atoms with Gasteiger partial charge in [0.1, 0.15) is 0 Å². The molecule has 0 unspecified atom stereocenters. The van der Waals surface area contributed by atoms with Crippen LogP contribution in [0.3, 0.4) is 0 Å². The standard InChI is InChI=1S/C18H25N3.2ClH/c1-3-4-8-18(21-12-10-19-11-13-21)16-14-20(2)17-9-6-5-7-15(16)17;;/h3,5-7,9,14,18-19H,1,4,8,10-13H2,2H3;2*1H/t18-;;/m1../s1. The van der Waals surface area contributed by atoms with Crippen molar-refractivity contribution in [3.05, 3.63) is 48.7 Å². The Morgan fingerprint density at radius 2 is 1.91 bits per heavy atom. The second-order valence-corrected chi connectivity index (χ2v) is 5.88. The minimum atomic E-state index is 0. The first kappa shape index (κ1) is 20.0. The van der Waals surface area contributed by atoms with Crippen molar-refractivity contribution in [3.8, 4) is 0 Å². The second-order valence-electron chi connectivity index (χ2n) is 5.88. The van der Waals surface area contributed by atoms with Crippen LogP contribution in [0.2, 0.25) is 0 Å². The molecule has 1 aliphatic rings. The zero-order valence-electron chi connectivity index (χ0n) is 13.7. The first-order valence-corrected chi connectivity index (χ1v) is 7.91. The molecule has 3 rings (SSSR count). The van der Waals surface area contributed by atoms with E-state index in [-0.39, 0.29) is 24.8 Å². The van der Waals surface area contributed by atoms with E-state index in [2.05, 4.69) is 58.9 Å². The maximum absolute atomic E-state index is 3.90. The number of halogens is 2. The van der Waals surface area contributed by atoms with E-state index in [0.717, 1.165) is 39.0 Å². The SMILES string of the molecule is C=CCC[C@H](c1cn(C)c2ccccc12)N1CCNCC1.Cl.Cl. The molecule has 0 saturated carbocycles. The third kappa shape index (κ3) is 4.30. The quantitative estimate of drug-likeness (QED) is 0.819. The van der Waals surface area contributed by atoms with Gasteiger partial charge in [-0.2, -0.15) is 0 Å². The molecule has 2 aromatic rings. The summed E-state index contributed by atoms with van der Waals surface area (Å²) in [5.41, 5.74) is 2.79. The predicted molar refractivity (Wildman–Crippen MR) is 104 cm³/mol. The van der Waals surface area contributed by atoms with Crippen LogP contribution in [-0.4, -0.2) is 35.6 Å². The summed E-state index contributed by atoms with van der Waals surface area (Å²) >= 11 is 0. The largest absolute Gasteiger partial charge is 0.350 e. The molecule has 1 N–H and O–H groups in total. The molecule has 1 aromatic carbocycles. The molecule has 1 fully saturated rings. The van der Waals surface area contributed by atoms with Crippen LogP contribution in [0.25, 0.3) is 10.9 Å². The molecule has 0 radical (unpaired) electrons. The molecular weight excluding hydrogens is 329 g/mol. The van der Waals surface area contributed by atoms with Crippen molar-refractivity contribution >= 4 is 35.7 Å². The summed E-state index contributed by atoms with van der Waals surface area (Å²) in [6, 6.07) is 9.23. The molecule has 1 aliphatic heterocycles. The highest BCUT2D eigenvalue weighted by molar-refractivity contribution is 5.86. The summed E-state index contributed by atoms with van der Waals surface area (Å²) < 4.78 is 2.26. The van der Waals surface area contributed by atoms with Crippen LogP contribution in [0.5, 0.6) is 0 Å². The van der Waals surface area contributed by atoms with Gasteiger partial charge in [0.25, 0.3) is 0 Å². The topological polar surface area (TPSA) is 20.2 Å². The summed E-state index contributed by atoms with van der Waals surface area (Å²) in [6.45, 7) is 8.35. The maximum Gasteiger partial charge on any atom is 0.0481 e. The van der Waals surface area contributed by atoms with Crippen molar-refractivity contribution in [2.75, 3.05) is 26.2 Å². The molecule has 3 nitrogen and oxygen atoms in total. The molecule has 23 heavy (non-hydrogen) atoms. The van der Waals surface area contributed by atoms with Gasteiger partial charge in [-0.05, 0) is 24.5 Å². The lowest BCUT2D eigenvalue weighted by molar-refractivity contribution is 0.167. The maximum atomic E-state index is 3.90. The third-order valence-corrected chi connectivity index (χ3v) is 4.52. The summed E-state index contributed by atoms with van der Waals surface area (Å²) in [7, 11) is 2.15. The third-order valence-electron chi connectivity index (χ3n) is 4.52. The molecule has 2 heterocycles. The molecule has 0 amide bonds. The Morgan fingerprint density at radius 3 is 2.61 bits per heavy atom. The molecule has 0 spiro atoms. The predicted octanol–water partition coefficient (Wildman–Crippen LogP) is 3.93. The number of hydrogen-bond acceptors (Lipinski definition) is 2. The van der Waals surface area contributed by atoms with Crippen LogP contribution in [0.15, 0.2) is 43.1 Å². The Hall–Kier alpha value is -1.000. The molecule has 1 saturated heterocycles. The molecule has 1 aromatic heterocycles. The fourth-order valence-electron chi connectivity index (χ4n) is 3.44. The zero-order chi connectivity index (χ0) is 14.7. The van der Waals surface area contributed by atoms with Gasteiger partial charge in [0.15, 0.2) is 0 Å². The Labute approximate surface area is 151 Å². The van der Waals surface area contributed by atoms with Gasteiger partial charge in [-0.15, -0.1) is 31.4 Å². The first-order chi connectivity index (χ1) is 10.3. The van der Waals surface area contributed by atoms with E-state index in [1.807, 2.05) is 6.08 Å². The van der Waals surface area contributed by atoms with E-state index in [9.17, 15) is 0 Å². The smallest absolute Gasteiger partial charge is 0.0481 e. The fourth-order valence-corrected chi connectivity index (χ4v) is 3.44. The highest BCUT2D eigenvalue weighted by Gasteiger charge is 2.24. The van der Waals surface area contributed by atoms with E-state index in [1.165, 1.54) is 16.5 Å². The number of aryl methyl sites for hydroxylation is 1. The van der Waals surface area contributed by atoms with Gasteiger partial charge in [0.2, 0.25) is 0 Å². The summed E-state index contributed by atoms with van der Waals surface area (Å²) in [6.07, 6.45) is 6.58. The highest BCUT2D eigenvalue weighted by Crippen LogP contribution is 2.33. The van der Waals surface area contributed by atoms with E-state index in [4.69, 9.17) is 0 Å². The normalized spacial score (nSPS) is 16.4. The van der Waals surface area contributed by atoms with Gasteiger partial charge >= 0.3 is 0 Å². The minimum Gasteiger partial charge on any atom is -0.350 e. The number of nitrogens with one attached hydrogen (secondary N) is 1. The number of para-hydroxylation sites is 1. The van der Waals surface area contributed by atoms with Crippen LogP contribution in [-0.2, 0) is 7.05 Å². The number of fused-ring (bicyclic) bond motifs is 1. The van der Waals surface area contributed by atoms with Gasteiger partial charge in [-0.1, -0.05) is 24.3 Å². The molecule has 1 atom stereocenters. The van der Waals surface area contributed by atoms with Gasteiger partial charge in [-0.3, -0.25) is 4.90 Å². The van der Waals surface area contributed by atoms with Crippen LogP contribution in [0.1, 0.15) is 24.4 Å². The van der Waals surface area contributed by atoms with E-state index in [1.54, 1.807) is 0 Å². The molecular formula is C18H27Cl2N3. The lowest BCUT2D eigenvalue weighted by Crippen LogP contribution is -2.45. The van der Waals surface area contributed by atoms with Gasteiger partial charge in [0, 0.05) is 56.4 Å².